The van der Waals surface area contributed by atoms with Gasteiger partial charge in [-0.2, -0.15) is 62.3 Å². The highest BCUT2D eigenvalue weighted by molar-refractivity contribution is 5.91. The molecule has 0 saturated heterocycles. The molecular weight excluding hydrogens is 1180 g/mol. The zero-order chi connectivity index (χ0) is 63.7. The van der Waals surface area contributed by atoms with Crippen LogP contribution >= 0.6 is 0 Å². The van der Waals surface area contributed by atoms with Gasteiger partial charge in [0.25, 0.3) is 0 Å². The van der Waals surface area contributed by atoms with Gasteiger partial charge in [-0.05, 0) is 101 Å². The Morgan fingerprint density at radius 3 is 1.44 bits per heavy atom. The molecule has 0 saturated carbocycles. The van der Waals surface area contributed by atoms with Crippen molar-refractivity contribution in [1.82, 2.24) is 0 Å². The third-order valence-corrected chi connectivity index (χ3v) is 12.3. The maximum atomic E-state index is 14.5. The maximum Gasteiger partial charge on any atom is 0.460 e. The fourth-order valence-corrected chi connectivity index (χ4v) is 7.33. The Balaban J connectivity index is 1.92. The normalized spacial score (nSPS) is 13.6. The third-order valence-electron chi connectivity index (χ3n) is 12.3. The van der Waals surface area contributed by atoms with Gasteiger partial charge in [0.2, 0.25) is 0 Å². The van der Waals surface area contributed by atoms with Gasteiger partial charge in [0, 0.05) is 85.2 Å². The molecule has 0 radical (unpaired) electrons. The lowest BCUT2D eigenvalue weighted by Crippen LogP contribution is -2.70. The largest absolute Gasteiger partial charge is 0.494 e. The standard InChI is InChI=1S/C55H71F14NO15/c1-3-39(47(73)84-33-18-50(57,58)51(59,60)52(61,62)53(63,64)54(65,66)55(67,68)69)35-42(48(74)83-31-5-4-30-81-43-15-12-40(13-16-43)49(75)85-44-17-14-41(37-70)45(56)36-44)34-38(2)46(72)82-32-11-29-80-28-10-27-79-26-9-25-78-24-8-23-77-22-7-21-76-20-6-19-71/h12-17,36,38-39,42,71H,3-11,18-35H2,1-2H3. The summed E-state index contributed by atoms with van der Waals surface area (Å²) in [5.74, 6) is -47.1. The lowest BCUT2D eigenvalue weighted by molar-refractivity contribution is -0.440. The minimum absolute atomic E-state index is 0.0358. The molecule has 2 rings (SSSR count). The molecule has 0 aromatic heterocycles. The molecule has 1 N–H and O–H groups in total. The van der Waals surface area contributed by atoms with E-state index in [1.54, 1.807) is 6.07 Å². The lowest BCUT2D eigenvalue weighted by Gasteiger charge is -2.39. The average Bonchev–Trinajstić information content (AvgIpc) is 0.767. The average molecular weight is 1250 g/mol. The monoisotopic (exact) mass is 1250 g/mol. The first-order valence-corrected chi connectivity index (χ1v) is 27.1. The quantitative estimate of drug-likeness (QED) is 0.0215. The topological polar surface area (TPSA) is 205 Å². The number of unbranched alkanes of at least 4 members (excludes halogenated alkanes) is 1. The number of nitriles is 1. The van der Waals surface area contributed by atoms with Crippen LogP contribution in [0.3, 0.4) is 0 Å². The van der Waals surface area contributed by atoms with Crippen molar-refractivity contribution in [2.45, 2.75) is 127 Å². The molecular formula is C55H71F14NO15. The third kappa shape index (κ3) is 25.0. The number of hydrogen-bond acceptors (Lipinski definition) is 16. The van der Waals surface area contributed by atoms with Crippen molar-refractivity contribution in [2.75, 3.05) is 99.1 Å². The van der Waals surface area contributed by atoms with Gasteiger partial charge in [-0.25, -0.2) is 9.18 Å². The number of esters is 4. The number of hydrogen-bond donors (Lipinski definition) is 1. The van der Waals surface area contributed by atoms with E-state index in [0.717, 1.165) is 25.0 Å². The fraction of sp³-hybridized carbons (Fsp3) is 0.691. The maximum absolute atomic E-state index is 14.5. The van der Waals surface area contributed by atoms with Crippen LogP contribution < -0.4 is 9.47 Å². The molecule has 0 fully saturated rings. The summed E-state index contributed by atoms with van der Waals surface area (Å²) in [4.78, 5) is 52.1. The van der Waals surface area contributed by atoms with Crippen LogP contribution in [0.15, 0.2) is 42.5 Å². The second kappa shape index (κ2) is 37.8. The summed E-state index contributed by atoms with van der Waals surface area (Å²) < 4.78 is 244. The summed E-state index contributed by atoms with van der Waals surface area (Å²) >= 11 is 0. The number of benzene rings is 2. The highest BCUT2D eigenvalue weighted by Crippen LogP contribution is 2.60. The van der Waals surface area contributed by atoms with E-state index in [9.17, 15) is 80.6 Å². The molecule has 2 aromatic carbocycles. The lowest BCUT2D eigenvalue weighted by atomic mass is 9.86. The number of aliphatic hydroxyl groups is 1. The van der Waals surface area contributed by atoms with Crippen molar-refractivity contribution in [3.63, 3.8) is 0 Å². The summed E-state index contributed by atoms with van der Waals surface area (Å²) in [6, 6.07) is 10.4. The number of halogens is 14. The molecule has 0 aliphatic rings. The van der Waals surface area contributed by atoms with Crippen molar-refractivity contribution in [2.24, 2.45) is 17.8 Å². The minimum atomic E-state index is -8.11. The van der Waals surface area contributed by atoms with E-state index < -0.39 is 109 Å². The zero-order valence-electron chi connectivity index (χ0n) is 46.8. The van der Waals surface area contributed by atoms with Crippen LogP contribution in [0.1, 0.15) is 107 Å². The number of nitrogens with zero attached hydrogens (tertiary/aromatic N) is 1. The first-order valence-electron chi connectivity index (χ1n) is 27.1. The smallest absolute Gasteiger partial charge is 0.460 e. The Morgan fingerprint density at radius 2 is 0.953 bits per heavy atom. The Bertz CT molecular complexity index is 2330. The van der Waals surface area contributed by atoms with Crippen LogP contribution in [-0.4, -0.2) is 164 Å². The number of alkyl halides is 13. The predicted molar refractivity (Wildman–Crippen MR) is 270 cm³/mol. The fourth-order valence-electron chi connectivity index (χ4n) is 7.33. The molecule has 3 unspecified atom stereocenters. The van der Waals surface area contributed by atoms with Crippen LogP contribution in [0.4, 0.5) is 61.5 Å². The van der Waals surface area contributed by atoms with Crippen molar-refractivity contribution in [1.29, 1.82) is 5.26 Å². The number of carbonyl (C=O) groups excluding carboxylic acids is 4. The second-order valence-corrected chi connectivity index (χ2v) is 19.1. The molecule has 0 aliphatic carbocycles. The minimum Gasteiger partial charge on any atom is -0.494 e. The van der Waals surface area contributed by atoms with E-state index in [0.29, 0.717) is 84.5 Å². The van der Waals surface area contributed by atoms with Gasteiger partial charge in [0.15, 0.2) is 0 Å². The van der Waals surface area contributed by atoms with E-state index in [-0.39, 0.29) is 75.6 Å². The SMILES string of the molecule is CCC(CC(CC(C)C(=O)OCCCOCCCOCCCOCCCOCCCOCCCO)C(=O)OCCCCOc1ccc(C(=O)Oc2ccc(C#N)c(F)c2)cc1)C(=O)OCCC(F)(F)C(F)(F)C(F)(F)C(F)(F)C(F)(F)C(F)(F)F. The summed E-state index contributed by atoms with van der Waals surface area (Å²) in [6.07, 6.45) is -7.69. The second-order valence-electron chi connectivity index (χ2n) is 19.1. The summed E-state index contributed by atoms with van der Waals surface area (Å²) in [5, 5.41) is 17.6. The van der Waals surface area contributed by atoms with Crippen molar-refractivity contribution in [3.8, 4) is 17.6 Å². The van der Waals surface area contributed by atoms with Crippen molar-refractivity contribution < 1.29 is 133 Å². The van der Waals surface area contributed by atoms with Crippen LogP contribution in [0.5, 0.6) is 11.5 Å². The van der Waals surface area contributed by atoms with E-state index in [1.807, 2.05) is 0 Å². The van der Waals surface area contributed by atoms with Crippen LogP contribution in [0, 0.1) is 34.9 Å². The molecule has 0 aliphatic heterocycles. The number of rotatable bonds is 46. The van der Waals surface area contributed by atoms with Gasteiger partial charge < -0.3 is 52.5 Å². The Morgan fingerprint density at radius 1 is 0.518 bits per heavy atom. The highest BCUT2D eigenvalue weighted by atomic mass is 19.4. The molecule has 484 valence electrons. The van der Waals surface area contributed by atoms with Crippen LogP contribution in [-0.2, 0) is 52.3 Å². The van der Waals surface area contributed by atoms with Gasteiger partial charge in [0.1, 0.15) is 23.4 Å². The number of carbonyl (C=O) groups is 4. The Hall–Kier alpha value is -5.61. The van der Waals surface area contributed by atoms with Gasteiger partial charge in [-0.3, -0.25) is 14.4 Å². The van der Waals surface area contributed by atoms with Gasteiger partial charge >= 0.3 is 59.7 Å². The number of aliphatic hydroxyl groups excluding tert-OH is 1. The van der Waals surface area contributed by atoms with Gasteiger partial charge in [-0.1, -0.05) is 13.8 Å². The van der Waals surface area contributed by atoms with Crippen LogP contribution in [0.2, 0.25) is 0 Å². The Labute approximate surface area is 481 Å². The summed E-state index contributed by atoms with van der Waals surface area (Å²) in [5.41, 5.74) is -0.188. The molecule has 0 heterocycles. The van der Waals surface area contributed by atoms with E-state index in [1.165, 1.54) is 44.2 Å². The molecule has 16 nitrogen and oxygen atoms in total. The molecule has 0 bridgehead atoms. The zero-order valence-corrected chi connectivity index (χ0v) is 46.8. The van der Waals surface area contributed by atoms with Crippen molar-refractivity contribution in [3.05, 3.63) is 59.4 Å². The van der Waals surface area contributed by atoms with Crippen molar-refractivity contribution >= 4 is 23.9 Å². The van der Waals surface area contributed by atoms with E-state index in [2.05, 4.69) is 4.74 Å². The van der Waals surface area contributed by atoms with E-state index >= 15 is 0 Å². The molecule has 3 atom stereocenters. The van der Waals surface area contributed by atoms with Crippen LogP contribution in [0.25, 0.3) is 0 Å². The number of ether oxygens (including phenoxy) is 10. The summed E-state index contributed by atoms with van der Waals surface area (Å²) in [7, 11) is 0. The molecule has 2 aromatic rings. The first-order chi connectivity index (χ1) is 40.0. The molecule has 85 heavy (non-hydrogen) atoms. The van der Waals surface area contributed by atoms with Gasteiger partial charge in [0.05, 0.1) is 61.7 Å². The first kappa shape index (κ1) is 75.5. The molecule has 30 heteroatoms. The van der Waals surface area contributed by atoms with E-state index in [4.69, 9.17) is 53.0 Å². The summed E-state index contributed by atoms with van der Waals surface area (Å²) in [6.45, 7) is 5.01. The van der Waals surface area contributed by atoms with Gasteiger partial charge in [-0.15, -0.1) is 0 Å². The molecule has 0 spiro atoms. The highest BCUT2D eigenvalue weighted by Gasteiger charge is 2.90. The Kier molecular flexibility index (Phi) is 33.6. The molecule has 0 amide bonds. The predicted octanol–water partition coefficient (Wildman–Crippen LogP) is 11.3.